The Hall–Kier alpha value is -2.18. The highest BCUT2D eigenvalue weighted by Crippen LogP contribution is 2.28. The van der Waals surface area contributed by atoms with E-state index in [0.717, 1.165) is 36.8 Å². The van der Waals surface area contributed by atoms with E-state index in [1.807, 2.05) is 54.6 Å². The van der Waals surface area contributed by atoms with Crippen LogP contribution in [-0.2, 0) is 28.3 Å². The van der Waals surface area contributed by atoms with Crippen LogP contribution in [-0.4, -0.2) is 34.6 Å². The number of carbonyl (C=O) groups excluding carboxylic acids is 2. The van der Waals surface area contributed by atoms with Crippen molar-refractivity contribution < 1.29 is 9.59 Å². The molecule has 4 nitrogen and oxygen atoms in total. The molecule has 0 heterocycles. The second kappa shape index (κ2) is 15.0. The minimum absolute atomic E-state index is 0.125. The van der Waals surface area contributed by atoms with E-state index in [9.17, 15) is 9.59 Å². The van der Waals surface area contributed by atoms with Gasteiger partial charge in [0.15, 0.2) is 0 Å². The SMILES string of the molecule is O=C(NC1CCCCC1)C(Cc1ccccc1)N(Cc1c(Cl)cccc1Cl)C(=O)CSCc1ccccc1Cl. The van der Waals surface area contributed by atoms with Gasteiger partial charge in [0.1, 0.15) is 6.04 Å². The van der Waals surface area contributed by atoms with Gasteiger partial charge in [0.25, 0.3) is 0 Å². The minimum atomic E-state index is -0.713. The van der Waals surface area contributed by atoms with Gasteiger partial charge in [-0.3, -0.25) is 9.59 Å². The lowest BCUT2D eigenvalue weighted by Crippen LogP contribution is -2.53. The maximum Gasteiger partial charge on any atom is 0.243 e. The molecule has 8 heteroatoms. The number of thioether (sulfide) groups is 1. The van der Waals surface area contributed by atoms with Crippen LogP contribution < -0.4 is 5.32 Å². The van der Waals surface area contributed by atoms with E-state index < -0.39 is 6.04 Å². The largest absolute Gasteiger partial charge is 0.352 e. The van der Waals surface area contributed by atoms with E-state index in [0.29, 0.717) is 32.8 Å². The quantitative estimate of drug-likeness (QED) is 0.242. The summed E-state index contributed by atoms with van der Waals surface area (Å²) in [6.07, 6.45) is 5.71. The average molecular weight is 604 g/mol. The number of amides is 2. The first-order chi connectivity index (χ1) is 18.9. The molecular weight excluding hydrogens is 571 g/mol. The number of nitrogens with zero attached hydrogens (tertiary/aromatic N) is 1. The minimum Gasteiger partial charge on any atom is -0.352 e. The number of carbonyl (C=O) groups is 2. The summed E-state index contributed by atoms with van der Waals surface area (Å²) in [6.45, 7) is 0.138. The van der Waals surface area contributed by atoms with E-state index in [-0.39, 0.29) is 30.2 Å². The smallest absolute Gasteiger partial charge is 0.243 e. The molecule has 4 rings (SSSR count). The Labute approximate surface area is 250 Å². The fourth-order valence-electron chi connectivity index (χ4n) is 4.90. The average Bonchev–Trinajstić information content (AvgIpc) is 2.94. The summed E-state index contributed by atoms with van der Waals surface area (Å²) in [6, 6.07) is 22.1. The van der Waals surface area contributed by atoms with Crippen LogP contribution in [0.1, 0.15) is 48.8 Å². The summed E-state index contributed by atoms with van der Waals surface area (Å²) in [5.74, 6) is 0.486. The molecule has 1 aliphatic carbocycles. The standard InChI is InChI=1S/C31H33Cl3N2O2S/c32-26-15-8-7-12-23(26)20-39-21-30(37)36(19-25-27(33)16-9-17-28(25)34)29(18-22-10-3-1-4-11-22)31(38)35-24-13-5-2-6-14-24/h1,3-4,7-12,15-17,24,29H,2,5-6,13-14,18-21H2,(H,35,38). The molecule has 0 bridgehead atoms. The Kier molecular flexibility index (Phi) is 11.5. The maximum atomic E-state index is 13.9. The van der Waals surface area contributed by atoms with Crippen molar-refractivity contribution in [3.8, 4) is 0 Å². The molecule has 3 aromatic rings. The van der Waals surface area contributed by atoms with Gasteiger partial charge in [0.2, 0.25) is 11.8 Å². The first-order valence-corrected chi connectivity index (χ1v) is 15.6. The Balaban J connectivity index is 1.61. The van der Waals surface area contributed by atoms with E-state index in [2.05, 4.69) is 5.32 Å². The Bertz CT molecular complexity index is 1230. The van der Waals surface area contributed by atoms with Crippen molar-refractivity contribution in [3.63, 3.8) is 0 Å². The molecule has 0 saturated heterocycles. The predicted octanol–water partition coefficient (Wildman–Crippen LogP) is 7.97. The summed E-state index contributed by atoms with van der Waals surface area (Å²) in [5.41, 5.74) is 2.58. The molecular formula is C31H33Cl3N2O2S. The molecule has 0 aromatic heterocycles. The molecule has 0 radical (unpaired) electrons. The summed E-state index contributed by atoms with van der Waals surface area (Å²) in [4.78, 5) is 29.4. The third kappa shape index (κ3) is 8.65. The highest BCUT2D eigenvalue weighted by molar-refractivity contribution is 7.99. The predicted molar refractivity (Wildman–Crippen MR) is 164 cm³/mol. The molecule has 39 heavy (non-hydrogen) atoms. The number of benzene rings is 3. The van der Waals surface area contributed by atoms with Crippen LogP contribution in [0.3, 0.4) is 0 Å². The first-order valence-electron chi connectivity index (χ1n) is 13.3. The molecule has 206 valence electrons. The van der Waals surface area contributed by atoms with Gasteiger partial charge in [-0.05, 0) is 42.2 Å². The molecule has 1 atom stereocenters. The molecule has 1 N–H and O–H groups in total. The Morgan fingerprint density at radius 1 is 0.846 bits per heavy atom. The van der Waals surface area contributed by atoms with E-state index in [4.69, 9.17) is 34.8 Å². The van der Waals surface area contributed by atoms with Gasteiger partial charge < -0.3 is 10.2 Å². The van der Waals surface area contributed by atoms with Crippen LogP contribution in [0, 0.1) is 0 Å². The van der Waals surface area contributed by atoms with Crippen LogP contribution in [0.15, 0.2) is 72.8 Å². The van der Waals surface area contributed by atoms with Gasteiger partial charge >= 0.3 is 0 Å². The fourth-order valence-corrected chi connectivity index (χ4v) is 6.61. The van der Waals surface area contributed by atoms with Crippen LogP contribution >= 0.6 is 46.6 Å². The zero-order valence-corrected chi connectivity index (χ0v) is 24.8. The van der Waals surface area contributed by atoms with Crippen molar-refractivity contribution in [1.29, 1.82) is 0 Å². The van der Waals surface area contributed by atoms with Gasteiger partial charge in [-0.2, -0.15) is 0 Å². The zero-order valence-electron chi connectivity index (χ0n) is 21.8. The number of rotatable bonds is 11. The number of hydrogen-bond acceptors (Lipinski definition) is 3. The lowest BCUT2D eigenvalue weighted by molar-refractivity contribution is -0.139. The van der Waals surface area contributed by atoms with Gasteiger partial charge in [0, 0.05) is 45.4 Å². The van der Waals surface area contributed by atoms with Gasteiger partial charge in [0.05, 0.1) is 5.75 Å². The Morgan fingerprint density at radius 2 is 1.49 bits per heavy atom. The number of hydrogen-bond donors (Lipinski definition) is 1. The van der Waals surface area contributed by atoms with Gasteiger partial charge in [-0.1, -0.05) is 109 Å². The fraction of sp³-hybridized carbons (Fsp3) is 0.355. The summed E-state index contributed by atoms with van der Waals surface area (Å²) >= 11 is 20.9. The lowest BCUT2D eigenvalue weighted by atomic mass is 9.94. The third-order valence-electron chi connectivity index (χ3n) is 7.05. The monoisotopic (exact) mass is 602 g/mol. The number of nitrogens with one attached hydrogen (secondary N) is 1. The van der Waals surface area contributed by atoms with Crippen LogP contribution in [0.5, 0.6) is 0 Å². The van der Waals surface area contributed by atoms with Crippen LogP contribution in [0.2, 0.25) is 15.1 Å². The van der Waals surface area contributed by atoms with Crippen molar-refractivity contribution in [2.45, 2.75) is 62.9 Å². The highest BCUT2D eigenvalue weighted by atomic mass is 35.5. The molecule has 1 fully saturated rings. The third-order valence-corrected chi connectivity index (χ3v) is 9.10. The molecule has 3 aromatic carbocycles. The molecule has 2 amide bonds. The van der Waals surface area contributed by atoms with E-state index in [1.54, 1.807) is 23.1 Å². The van der Waals surface area contributed by atoms with Crippen molar-refractivity contribution >= 4 is 58.4 Å². The molecule has 0 aliphatic heterocycles. The van der Waals surface area contributed by atoms with Gasteiger partial charge in [-0.15, -0.1) is 11.8 Å². The summed E-state index contributed by atoms with van der Waals surface area (Å²) < 4.78 is 0. The normalized spacial score (nSPS) is 14.5. The molecule has 1 aliphatic rings. The van der Waals surface area contributed by atoms with Crippen LogP contribution in [0.25, 0.3) is 0 Å². The van der Waals surface area contributed by atoms with Crippen molar-refractivity contribution in [1.82, 2.24) is 10.2 Å². The first kappa shape index (κ1) is 29.8. The van der Waals surface area contributed by atoms with Gasteiger partial charge in [-0.25, -0.2) is 0 Å². The maximum absolute atomic E-state index is 13.9. The zero-order chi connectivity index (χ0) is 27.6. The molecule has 0 spiro atoms. The van der Waals surface area contributed by atoms with Crippen molar-refractivity contribution in [3.05, 3.63) is 105 Å². The number of halogens is 3. The van der Waals surface area contributed by atoms with Crippen LogP contribution in [0.4, 0.5) is 0 Å². The van der Waals surface area contributed by atoms with E-state index >= 15 is 0 Å². The lowest BCUT2D eigenvalue weighted by Gasteiger charge is -2.34. The second-order valence-electron chi connectivity index (χ2n) is 9.86. The van der Waals surface area contributed by atoms with Crippen molar-refractivity contribution in [2.24, 2.45) is 0 Å². The molecule has 1 unspecified atom stereocenters. The summed E-state index contributed by atoms with van der Waals surface area (Å²) in [5, 5.41) is 4.86. The summed E-state index contributed by atoms with van der Waals surface area (Å²) in [7, 11) is 0. The Morgan fingerprint density at radius 3 is 2.18 bits per heavy atom. The molecule has 1 saturated carbocycles. The topological polar surface area (TPSA) is 49.4 Å². The van der Waals surface area contributed by atoms with Crippen molar-refractivity contribution in [2.75, 3.05) is 5.75 Å². The highest BCUT2D eigenvalue weighted by Gasteiger charge is 2.32. The van der Waals surface area contributed by atoms with E-state index in [1.165, 1.54) is 18.2 Å². The second-order valence-corrected chi connectivity index (χ2v) is 12.1.